The maximum atomic E-state index is 13.4. The predicted molar refractivity (Wildman–Crippen MR) is 102 cm³/mol. The SMILES string of the molecule is O=C(COc1ccc(Cl)c(F)c1)NC12CC(NC(=O)C3CSC(C(F)(F)F)N3)(C1)C2. The van der Waals surface area contributed by atoms with Crippen LogP contribution in [-0.2, 0) is 9.59 Å². The minimum Gasteiger partial charge on any atom is -0.484 e. The van der Waals surface area contributed by atoms with E-state index in [4.69, 9.17) is 16.3 Å². The van der Waals surface area contributed by atoms with Crippen LogP contribution < -0.4 is 20.7 Å². The van der Waals surface area contributed by atoms with Crippen LogP contribution in [0.5, 0.6) is 5.75 Å². The molecule has 2 amide bonds. The summed E-state index contributed by atoms with van der Waals surface area (Å²) in [5, 5.41) is 6.19. The standard InChI is InChI=1S/C18H18ClF4N3O3S/c19-10-2-1-9(3-11(10)20)29-4-13(27)25-16-6-17(7-16,8-16)26-14(28)12-5-30-15(24-12)18(21,22)23/h1-3,12,15,24H,4-8H2,(H,25,27)(H,26,28). The molecule has 1 saturated heterocycles. The highest BCUT2D eigenvalue weighted by atomic mass is 35.5. The lowest BCUT2D eigenvalue weighted by atomic mass is 9.44. The molecule has 3 aliphatic carbocycles. The van der Waals surface area contributed by atoms with Crippen LogP contribution in [0.4, 0.5) is 17.6 Å². The maximum Gasteiger partial charge on any atom is 0.413 e. The number of thioether (sulfide) groups is 1. The summed E-state index contributed by atoms with van der Waals surface area (Å²) < 4.78 is 56.8. The molecule has 30 heavy (non-hydrogen) atoms. The van der Waals surface area contributed by atoms with E-state index in [0.29, 0.717) is 31.0 Å². The van der Waals surface area contributed by atoms with Crippen molar-refractivity contribution in [1.82, 2.24) is 16.0 Å². The number of nitrogens with one attached hydrogen (secondary N) is 3. The zero-order valence-electron chi connectivity index (χ0n) is 15.4. The second kappa shape index (κ2) is 7.45. The van der Waals surface area contributed by atoms with E-state index in [1.807, 2.05) is 0 Å². The monoisotopic (exact) mass is 467 g/mol. The molecule has 4 fully saturated rings. The van der Waals surface area contributed by atoms with Gasteiger partial charge in [-0.25, -0.2) is 4.39 Å². The smallest absolute Gasteiger partial charge is 0.413 e. The van der Waals surface area contributed by atoms with Crippen molar-refractivity contribution in [2.75, 3.05) is 12.4 Å². The Bertz CT molecular complexity index is 865. The third-order valence-electron chi connectivity index (χ3n) is 5.48. The molecular weight excluding hydrogens is 450 g/mol. The number of hydrogen-bond acceptors (Lipinski definition) is 5. The van der Waals surface area contributed by atoms with Crippen molar-refractivity contribution in [2.24, 2.45) is 0 Å². The van der Waals surface area contributed by atoms with Gasteiger partial charge in [-0.05, 0) is 31.4 Å². The Labute approximate surface area is 178 Å². The minimum absolute atomic E-state index is 0.0478. The fourth-order valence-corrected chi connectivity index (χ4v) is 5.46. The molecule has 1 heterocycles. The summed E-state index contributed by atoms with van der Waals surface area (Å²) >= 11 is 6.25. The van der Waals surface area contributed by atoms with E-state index in [1.54, 1.807) is 0 Å². The number of alkyl halides is 3. The highest BCUT2D eigenvalue weighted by molar-refractivity contribution is 8.00. The summed E-state index contributed by atoms with van der Waals surface area (Å²) in [5.74, 6) is -1.26. The van der Waals surface area contributed by atoms with Gasteiger partial charge < -0.3 is 15.4 Å². The van der Waals surface area contributed by atoms with Gasteiger partial charge in [0.05, 0.1) is 11.1 Å². The van der Waals surface area contributed by atoms with E-state index >= 15 is 0 Å². The molecule has 1 aliphatic heterocycles. The molecule has 0 spiro atoms. The lowest BCUT2D eigenvalue weighted by Crippen LogP contribution is -2.84. The number of amides is 2. The van der Waals surface area contributed by atoms with Gasteiger partial charge in [-0.2, -0.15) is 13.2 Å². The first-order valence-corrected chi connectivity index (χ1v) is 10.6. The van der Waals surface area contributed by atoms with Crippen LogP contribution in [0.25, 0.3) is 0 Å². The summed E-state index contributed by atoms with van der Waals surface area (Å²) in [6, 6.07) is 2.96. The first kappa shape index (κ1) is 21.5. The largest absolute Gasteiger partial charge is 0.484 e. The molecule has 164 valence electrons. The fourth-order valence-electron chi connectivity index (χ4n) is 4.26. The van der Waals surface area contributed by atoms with Crippen molar-refractivity contribution in [1.29, 1.82) is 0 Å². The first-order chi connectivity index (χ1) is 14.0. The molecule has 3 N–H and O–H groups in total. The summed E-state index contributed by atoms with van der Waals surface area (Å²) in [6.07, 6.45) is -2.87. The van der Waals surface area contributed by atoms with Crippen molar-refractivity contribution in [2.45, 2.75) is 47.9 Å². The van der Waals surface area contributed by atoms with Crippen LogP contribution in [0.2, 0.25) is 5.02 Å². The Morgan fingerprint density at radius 1 is 1.23 bits per heavy atom. The van der Waals surface area contributed by atoms with E-state index in [9.17, 15) is 27.2 Å². The van der Waals surface area contributed by atoms with E-state index in [1.165, 1.54) is 12.1 Å². The molecule has 2 bridgehead atoms. The average Bonchev–Trinajstić information content (AvgIpc) is 3.10. The molecule has 12 heteroatoms. The number of benzene rings is 1. The lowest BCUT2D eigenvalue weighted by molar-refractivity contribution is -0.152. The maximum absolute atomic E-state index is 13.4. The molecule has 3 saturated carbocycles. The Kier molecular flexibility index (Phi) is 5.34. The Hall–Kier alpha value is -1.72. The number of rotatable bonds is 6. The number of halogens is 5. The highest BCUT2D eigenvalue weighted by Crippen LogP contribution is 2.60. The van der Waals surface area contributed by atoms with Gasteiger partial charge in [0.15, 0.2) is 12.0 Å². The van der Waals surface area contributed by atoms with E-state index in [2.05, 4.69) is 16.0 Å². The molecule has 2 atom stereocenters. The molecule has 5 rings (SSSR count). The van der Waals surface area contributed by atoms with Crippen LogP contribution in [0.3, 0.4) is 0 Å². The van der Waals surface area contributed by atoms with Crippen molar-refractivity contribution in [3.8, 4) is 5.75 Å². The van der Waals surface area contributed by atoms with Gasteiger partial charge in [-0.15, -0.1) is 11.8 Å². The summed E-state index contributed by atoms with van der Waals surface area (Å²) in [5.41, 5.74) is -0.918. The van der Waals surface area contributed by atoms with Gasteiger partial charge in [0.2, 0.25) is 5.91 Å². The van der Waals surface area contributed by atoms with Crippen molar-refractivity contribution >= 4 is 35.2 Å². The molecular formula is C18H18ClF4N3O3S. The zero-order chi connectivity index (χ0) is 21.7. The number of carbonyl (C=O) groups is 2. The summed E-state index contributed by atoms with van der Waals surface area (Å²) in [6.45, 7) is -0.301. The summed E-state index contributed by atoms with van der Waals surface area (Å²) in [7, 11) is 0. The third-order valence-corrected chi connectivity index (χ3v) is 7.05. The lowest BCUT2D eigenvalue weighted by Gasteiger charge is -2.70. The van der Waals surface area contributed by atoms with E-state index < -0.39 is 40.4 Å². The molecule has 1 aromatic rings. The highest BCUT2D eigenvalue weighted by Gasteiger charge is 2.69. The second-order valence-electron chi connectivity index (χ2n) is 7.97. The molecule has 4 aliphatic rings. The van der Waals surface area contributed by atoms with Crippen molar-refractivity contribution in [3.05, 3.63) is 29.0 Å². The quantitative estimate of drug-likeness (QED) is 0.560. The van der Waals surface area contributed by atoms with Crippen LogP contribution in [0.1, 0.15) is 19.3 Å². The van der Waals surface area contributed by atoms with Crippen LogP contribution in [0.15, 0.2) is 18.2 Å². The molecule has 1 aromatic carbocycles. The fraction of sp³-hybridized carbons (Fsp3) is 0.556. The van der Waals surface area contributed by atoms with Crippen LogP contribution in [0, 0.1) is 5.82 Å². The van der Waals surface area contributed by atoms with Crippen molar-refractivity contribution < 1.29 is 31.9 Å². The normalized spacial score (nSPS) is 32.0. The Morgan fingerprint density at radius 2 is 1.90 bits per heavy atom. The molecule has 0 aromatic heterocycles. The van der Waals surface area contributed by atoms with Gasteiger partial charge >= 0.3 is 6.18 Å². The van der Waals surface area contributed by atoms with E-state index in [0.717, 1.165) is 6.07 Å². The molecule has 6 nitrogen and oxygen atoms in total. The Balaban J connectivity index is 1.20. The Morgan fingerprint density at radius 3 is 2.50 bits per heavy atom. The zero-order valence-corrected chi connectivity index (χ0v) is 17.0. The number of carbonyl (C=O) groups excluding carboxylic acids is 2. The van der Waals surface area contributed by atoms with Gasteiger partial charge in [0.25, 0.3) is 5.91 Å². The van der Waals surface area contributed by atoms with Crippen LogP contribution in [-0.4, -0.2) is 52.8 Å². The van der Waals surface area contributed by atoms with E-state index in [-0.39, 0.29) is 29.0 Å². The third kappa shape index (κ3) is 4.19. The van der Waals surface area contributed by atoms with Gasteiger partial charge in [-0.3, -0.25) is 14.9 Å². The van der Waals surface area contributed by atoms with Crippen molar-refractivity contribution in [3.63, 3.8) is 0 Å². The predicted octanol–water partition coefficient (Wildman–Crippen LogP) is 2.36. The minimum atomic E-state index is -4.40. The number of ether oxygens (including phenoxy) is 1. The molecule has 0 radical (unpaired) electrons. The van der Waals surface area contributed by atoms with Gasteiger partial charge in [0, 0.05) is 22.9 Å². The average molecular weight is 468 g/mol. The number of hydrogen-bond donors (Lipinski definition) is 3. The second-order valence-corrected chi connectivity index (χ2v) is 9.51. The first-order valence-electron chi connectivity index (χ1n) is 9.15. The van der Waals surface area contributed by atoms with Gasteiger partial charge in [-0.1, -0.05) is 11.6 Å². The summed E-state index contributed by atoms with van der Waals surface area (Å²) in [4.78, 5) is 24.4. The topological polar surface area (TPSA) is 79.5 Å². The van der Waals surface area contributed by atoms with Crippen LogP contribution >= 0.6 is 23.4 Å². The molecule has 2 unspecified atom stereocenters. The van der Waals surface area contributed by atoms with Gasteiger partial charge in [0.1, 0.15) is 11.6 Å².